The monoisotopic (exact) mass is 283 g/mol. The Morgan fingerprint density at radius 3 is 2.67 bits per heavy atom. The third-order valence-electron chi connectivity index (χ3n) is 3.97. The van der Waals surface area contributed by atoms with Gasteiger partial charge in [-0.1, -0.05) is 36.4 Å². The van der Waals surface area contributed by atoms with Crippen molar-refractivity contribution in [1.29, 1.82) is 0 Å². The van der Waals surface area contributed by atoms with Crippen LogP contribution in [0, 0.1) is 10.1 Å². The van der Waals surface area contributed by atoms with E-state index >= 15 is 0 Å². The number of nitrogens with two attached hydrogens (primary N) is 1. The lowest BCUT2D eigenvalue weighted by Crippen LogP contribution is -2.30. The van der Waals surface area contributed by atoms with Crippen molar-refractivity contribution in [3.05, 3.63) is 69.3 Å². The number of nitrogens with zero attached hydrogens (tertiary/aromatic N) is 2. The first kappa shape index (κ1) is 13.6. The summed E-state index contributed by atoms with van der Waals surface area (Å²) in [5.41, 5.74) is 9.74. The number of hydrogen-bond acceptors (Lipinski definition) is 4. The number of para-hydroxylation sites is 1. The SMILES string of the molecule is Nc1c(CN2CCc3ccccc3C2)cccc1[N+](=O)[O-]. The van der Waals surface area contributed by atoms with Gasteiger partial charge in [0.25, 0.3) is 5.69 Å². The number of nitro groups is 1. The summed E-state index contributed by atoms with van der Waals surface area (Å²) in [5.74, 6) is 0. The Labute approximate surface area is 123 Å². The smallest absolute Gasteiger partial charge is 0.292 e. The standard InChI is InChI=1S/C16H17N3O2/c17-16-14(6-3-7-15(16)19(20)21)11-18-9-8-12-4-1-2-5-13(12)10-18/h1-7H,8-11,17H2. The van der Waals surface area contributed by atoms with Gasteiger partial charge in [-0.05, 0) is 23.1 Å². The molecule has 0 fully saturated rings. The second-order valence-corrected chi connectivity index (χ2v) is 5.34. The van der Waals surface area contributed by atoms with Crippen molar-refractivity contribution in [2.24, 2.45) is 0 Å². The van der Waals surface area contributed by atoms with E-state index in [0.29, 0.717) is 6.54 Å². The number of hydrogen-bond donors (Lipinski definition) is 1. The highest BCUT2D eigenvalue weighted by molar-refractivity contribution is 5.62. The summed E-state index contributed by atoms with van der Waals surface area (Å²) in [7, 11) is 0. The molecule has 0 amide bonds. The molecule has 21 heavy (non-hydrogen) atoms. The van der Waals surface area contributed by atoms with Crippen molar-refractivity contribution in [1.82, 2.24) is 4.90 Å². The first-order chi connectivity index (χ1) is 10.1. The molecule has 3 rings (SSSR count). The van der Waals surface area contributed by atoms with Crippen LogP contribution >= 0.6 is 0 Å². The Balaban J connectivity index is 1.80. The predicted octanol–water partition coefficient (Wildman–Crippen LogP) is 2.74. The maximum absolute atomic E-state index is 10.9. The molecule has 0 atom stereocenters. The summed E-state index contributed by atoms with van der Waals surface area (Å²) in [4.78, 5) is 12.8. The van der Waals surface area contributed by atoms with Crippen LogP contribution in [-0.2, 0) is 19.5 Å². The number of anilines is 1. The van der Waals surface area contributed by atoms with Gasteiger partial charge < -0.3 is 5.73 Å². The summed E-state index contributed by atoms with van der Waals surface area (Å²) in [6.45, 7) is 2.44. The van der Waals surface area contributed by atoms with Gasteiger partial charge >= 0.3 is 0 Å². The number of rotatable bonds is 3. The van der Waals surface area contributed by atoms with Crippen molar-refractivity contribution >= 4 is 11.4 Å². The fourth-order valence-corrected chi connectivity index (χ4v) is 2.83. The van der Waals surface area contributed by atoms with Crippen LogP contribution in [0.25, 0.3) is 0 Å². The average molecular weight is 283 g/mol. The van der Waals surface area contributed by atoms with Gasteiger partial charge in [-0.15, -0.1) is 0 Å². The molecule has 0 unspecified atom stereocenters. The highest BCUT2D eigenvalue weighted by Gasteiger charge is 2.19. The van der Waals surface area contributed by atoms with Crippen LogP contribution < -0.4 is 5.73 Å². The molecule has 0 aromatic heterocycles. The number of benzene rings is 2. The van der Waals surface area contributed by atoms with Crippen molar-refractivity contribution in [2.75, 3.05) is 12.3 Å². The van der Waals surface area contributed by atoms with Crippen molar-refractivity contribution in [3.63, 3.8) is 0 Å². The largest absolute Gasteiger partial charge is 0.393 e. The highest BCUT2D eigenvalue weighted by atomic mass is 16.6. The molecule has 2 aromatic carbocycles. The van der Waals surface area contributed by atoms with Crippen LogP contribution in [-0.4, -0.2) is 16.4 Å². The van der Waals surface area contributed by atoms with E-state index in [0.717, 1.165) is 25.1 Å². The number of nitrogen functional groups attached to an aromatic ring is 1. The molecule has 1 aliphatic heterocycles. The minimum Gasteiger partial charge on any atom is -0.393 e. The molecule has 1 aliphatic rings. The lowest BCUT2D eigenvalue weighted by Gasteiger charge is -2.29. The van der Waals surface area contributed by atoms with E-state index in [1.54, 1.807) is 6.07 Å². The molecule has 2 aromatic rings. The van der Waals surface area contributed by atoms with E-state index in [1.165, 1.54) is 17.2 Å². The summed E-state index contributed by atoms with van der Waals surface area (Å²) < 4.78 is 0. The van der Waals surface area contributed by atoms with Gasteiger partial charge in [0, 0.05) is 25.7 Å². The third kappa shape index (κ3) is 2.73. The van der Waals surface area contributed by atoms with Crippen LogP contribution in [0.15, 0.2) is 42.5 Å². The van der Waals surface area contributed by atoms with E-state index in [1.807, 2.05) is 12.1 Å². The molecule has 0 spiro atoms. The van der Waals surface area contributed by atoms with Gasteiger partial charge in [-0.2, -0.15) is 0 Å². The molecule has 0 bridgehead atoms. The van der Waals surface area contributed by atoms with E-state index in [-0.39, 0.29) is 11.4 Å². The number of fused-ring (bicyclic) bond motifs is 1. The fraction of sp³-hybridized carbons (Fsp3) is 0.250. The molecule has 108 valence electrons. The van der Waals surface area contributed by atoms with E-state index in [2.05, 4.69) is 23.1 Å². The van der Waals surface area contributed by atoms with Crippen LogP contribution in [0.1, 0.15) is 16.7 Å². The zero-order valence-electron chi connectivity index (χ0n) is 11.7. The lowest BCUT2D eigenvalue weighted by atomic mass is 9.99. The molecular weight excluding hydrogens is 266 g/mol. The Bertz CT molecular complexity index is 685. The zero-order valence-corrected chi connectivity index (χ0v) is 11.7. The first-order valence-electron chi connectivity index (χ1n) is 6.96. The van der Waals surface area contributed by atoms with Gasteiger partial charge in [-0.25, -0.2) is 0 Å². The summed E-state index contributed by atoms with van der Waals surface area (Å²) >= 11 is 0. The van der Waals surface area contributed by atoms with E-state index in [4.69, 9.17) is 5.73 Å². The summed E-state index contributed by atoms with van der Waals surface area (Å²) in [6.07, 6.45) is 1.00. The van der Waals surface area contributed by atoms with Gasteiger partial charge in [-0.3, -0.25) is 15.0 Å². The van der Waals surface area contributed by atoms with Crippen molar-refractivity contribution in [3.8, 4) is 0 Å². The van der Waals surface area contributed by atoms with Crippen molar-refractivity contribution in [2.45, 2.75) is 19.5 Å². The molecule has 0 saturated carbocycles. The minimum atomic E-state index is -0.426. The molecule has 0 aliphatic carbocycles. The van der Waals surface area contributed by atoms with Crippen LogP contribution in [0.5, 0.6) is 0 Å². The van der Waals surface area contributed by atoms with Crippen molar-refractivity contribution < 1.29 is 4.92 Å². The second-order valence-electron chi connectivity index (χ2n) is 5.34. The molecule has 5 nitrogen and oxygen atoms in total. The Hall–Kier alpha value is -2.40. The molecular formula is C16H17N3O2. The third-order valence-corrected chi connectivity index (χ3v) is 3.97. The summed E-state index contributed by atoms with van der Waals surface area (Å²) in [6, 6.07) is 13.4. The molecule has 5 heteroatoms. The quantitative estimate of drug-likeness (QED) is 0.534. The van der Waals surface area contributed by atoms with E-state index in [9.17, 15) is 10.1 Å². The molecule has 2 N–H and O–H groups in total. The first-order valence-corrected chi connectivity index (χ1v) is 6.96. The summed E-state index contributed by atoms with van der Waals surface area (Å²) in [5, 5.41) is 10.9. The lowest BCUT2D eigenvalue weighted by molar-refractivity contribution is -0.384. The fourth-order valence-electron chi connectivity index (χ4n) is 2.83. The van der Waals surface area contributed by atoms with Crippen LogP contribution in [0.4, 0.5) is 11.4 Å². The van der Waals surface area contributed by atoms with Gasteiger partial charge in [0.2, 0.25) is 0 Å². The zero-order chi connectivity index (χ0) is 14.8. The van der Waals surface area contributed by atoms with Gasteiger partial charge in [0.1, 0.15) is 5.69 Å². The van der Waals surface area contributed by atoms with Crippen LogP contribution in [0.2, 0.25) is 0 Å². The molecule has 0 saturated heterocycles. The predicted molar refractivity (Wildman–Crippen MR) is 81.8 cm³/mol. The van der Waals surface area contributed by atoms with Crippen LogP contribution in [0.3, 0.4) is 0 Å². The Kier molecular flexibility index (Phi) is 3.58. The normalized spacial score (nSPS) is 14.7. The molecule has 0 radical (unpaired) electrons. The average Bonchev–Trinajstić information content (AvgIpc) is 2.49. The van der Waals surface area contributed by atoms with E-state index < -0.39 is 4.92 Å². The maximum atomic E-state index is 10.9. The minimum absolute atomic E-state index is 0.00934. The Morgan fingerprint density at radius 2 is 1.90 bits per heavy atom. The van der Waals surface area contributed by atoms with Gasteiger partial charge in [0.05, 0.1) is 4.92 Å². The number of nitro benzene ring substituents is 1. The van der Waals surface area contributed by atoms with Gasteiger partial charge in [0.15, 0.2) is 0 Å². The molecule has 1 heterocycles. The Morgan fingerprint density at radius 1 is 1.14 bits per heavy atom. The second kappa shape index (κ2) is 5.54. The maximum Gasteiger partial charge on any atom is 0.292 e. The highest BCUT2D eigenvalue weighted by Crippen LogP contribution is 2.27. The topological polar surface area (TPSA) is 72.4 Å².